The fourth-order valence-corrected chi connectivity index (χ4v) is 3.77. The van der Waals surface area contributed by atoms with Gasteiger partial charge in [-0.25, -0.2) is 0 Å². The van der Waals surface area contributed by atoms with Crippen LogP contribution in [0.1, 0.15) is 25.7 Å². The van der Waals surface area contributed by atoms with Crippen LogP contribution in [0.15, 0.2) is 54.6 Å². The third-order valence-electron chi connectivity index (χ3n) is 5.48. The van der Waals surface area contributed by atoms with Gasteiger partial charge < -0.3 is 14.9 Å². The normalized spacial score (nSPS) is 15.1. The maximum atomic E-state index is 9.57. The molecular formula is C23H33N3O. The first-order valence-corrected chi connectivity index (χ1v) is 10.2. The predicted molar refractivity (Wildman–Crippen MR) is 115 cm³/mol. The van der Waals surface area contributed by atoms with E-state index in [4.69, 9.17) is 0 Å². The number of anilines is 2. The highest BCUT2D eigenvalue weighted by Crippen LogP contribution is 2.19. The van der Waals surface area contributed by atoms with Crippen molar-refractivity contribution in [1.29, 1.82) is 0 Å². The predicted octanol–water partition coefficient (Wildman–Crippen LogP) is 4.21. The molecule has 0 spiro atoms. The van der Waals surface area contributed by atoms with Crippen molar-refractivity contribution in [2.45, 2.75) is 25.7 Å². The Hall–Kier alpha value is -2.20. The molecule has 4 nitrogen and oxygen atoms in total. The molecule has 3 rings (SSSR count). The number of hydrogen-bond acceptors (Lipinski definition) is 4. The van der Waals surface area contributed by atoms with Gasteiger partial charge in [0.25, 0.3) is 0 Å². The molecular weight excluding hydrogens is 334 g/mol. The molecule has 0 atom stereocenters. The van der Waals surface area contributed by atoms with Gasteiger partial charge in [0.1, 0.15) is 5.75 Å². The summed E-state index contributed by atoms with van der Waals surface area (Å²) < 4.78 is 0. The third kappa shape index (κ3) is 6.17. The first-order chi connectivity index (χ1) is 13.2. The Labute approximate surface area is 164 Å². The van der Waals surface area contributed by atoms with E-state index in [2.05, 4.69) is 58.1 Å². The van der Waals surface area contributed by atoms with E-state index < -0.39 is 0 Å². The minimum absolute atomic E-state index is 0.340. The zero-order valence-corrected chi connectivity index (χ0v) is 16.6. The summed E-state index contributed by atoms with van der Waals surface area (Å²) in [5, 5.41) is 9.57. The van der Waals surface area contributed by atoms with E-state index in [9.17, 15) is 5.11 Å². The van der Waals surface area contributed by atoms with Crippen LogP contribution in [-0.2, 0) is 0 Å². The molecule has 1 N–H and O–H groups in total. The van der Waals surface area contributed by atoms with Crippen LogP contribution in [0.4, 0.5) is 11.4 Å². The Morgan fingerprint density at radius 3 is 2.33 bits per heavy atom. The Balaban J connectivity index is 1.25. The van der Waals surface area contributed by atoms with Gasteiger partial charge in [0.05, 0.1) is 0 Å². The Morgan fingerprint density at radius 1 is 0.852 bits per heavy atom. The second kappa shape index (κ2) is 10.2. The van der Waals surface area contributed by atoms with Crippen molar-refractivity contribution < 1.29 is 5.11 Å². The zero-order valence-electron chi connectivity index (χ0n) is 16.6. The van der Waals surface area contributed by atoms with Crippen LogP contribution in [0.3, 0.4) is 0 Å². The lowest BCUT2D eigenvalue weighted by Gasteiger charge is -2.36. The summed E-state index contributed by atoms with van der Waals surface area (Å²) in [5.41, 5.74) is 2.44. The van der Waals surface area contributed by atoms with E-state index in [1.807, 2.05) is 12.1 Å². The van der Waals surface area contributed by atoms with E-state index in [0.717, 1.165) is 25.3 Å². The fraction of sp³-hybridized carbons (Fsp3) is 0.478. The van der Waals surface area contributed by atoms with Crippen molar-refractivity contribution in [3.63, 3.8) is 0 Å². The van der Waals surface area contributed by atoms with Gasteiger partial charge in [-0.15, -0.1) is 0 Å². The SMILES string of the molecule is CN(CCCCCCN1CCN(c2ccccc2)CC1)c1cccc(O)c1. The molecule has 1 heterocycles. The average Bonchev–Trinajstić information content (AvgIpc) is 2.71. The van der Waals surface area contributed by atoms with Gasteiger partial charge in [-0.05, 0) is 43.7 Å². The minimum atomic E-state index is 0.340. The summed E-state index contributed by atoms with van der Waals surface area (Å²) in [6, 6.07) is 18.3. The average molecular weight is 368 g/mol. The van der Waals surface area contributed by atoms with Crippen molar-refractivity contribution in [3.05, 3.63) is 54.6 Å². The number of unbranched alkanes of at least 4 members (excludes halogenated alkanes) is 3. The first kappa shape index (κ1) is 19.6. The summed E-state index contributed by atoms with van der Waals surface area (Å²) >= 11 is 0. The van der Waals surface area contributed by atoms with Gasteiger partial charge in [0.15, 0.2) is 0 Å². The summed E-state index contributed by atoms with van der Waals surface area (Å²) in [7, 11) is 2.10. The molecule has 1 aliphatic rings. The first-order valence-electron chi connectivity index (χ1n) is 10.2. The topological polar surface area (TPSA) is 30.0 Å². The highest BCUT2D eigenvalue weighted by molar-refractivity contribution is 5.49. The summed E-state index contributed by atoms with van der Waals surface area (Å²) in [4.78, 5) is 7.33. The molecule has 0 aromatic heterocycles. The molecule has 0 saturated carbocycles. The zero-order chi connectivity index (χ0) is 18.9. The Bertz CT molecular complexity index is 668. The number of rotatable bonds is 9. The standard InChI is InChI=1S/C23H33N3O/c1-24(22-12-9-13-23(27)20-22)14-7-2-3-8-15-25-16-18-26(19-17-25)21-10-5-4-6-11-21/h4-6,9-13,20,27H,2-3,7-8,14-19H2,1H3. The second-order valence-corrected chi connectivity index (χ2v) is 7.52. The molecule has 0 radical (unpaired) electrons. The fourth-order valence-electron chi connectivity index (χ4n) is 3.77. The third-order valence-corrected chi connectivity index (χ3v) is 5.48. The van der Waals surface area contributed by atoms with Crippen LogP contribution in [-0.4, -0.2) is 56.3 Å². The van der Waals surface area contributed by atoms with Crippen LogP contribution in [0.2, 0.25) is 0 Å². The largest absolute Gasteiger partial charge is 0.508 e. The van der Waals surface area contributed by atoms with E-state index in [1.165, 1.54) is 51.0 Å². The van der Waals surface area contributed by atoms with Gasteiger partial charge in [-0.2, -0.15) is 0 Å². The quantitative estimate of drug-likeness (QED) is 0.673. The van der Waals surface area contributed by atoms with E-state index >= 15 is 0 Å². The van der Waals surface area contributed by atoms with Crippen LogP contribution < -0.4 is 9.80 Å². The van der Waals surface area contributed by atoms with Crippen LogP contribution >= 0.6 is 0 Å². The molecule has 27 heavy (non-hydrogen) atoms. The van der Waals surface area contributed by atoms with Crippen LogP contribution in [0, 0.1) is 0 Å². The molecule has 0 aliphatic carbocycles. The van der Waals surface area contributed by atoms with Crippen molar-refractivity contribution >= 4 is 11.4 Å². The smallest absolute Gasteiger partial charge is 0.117 e. The molecule has 4 heteroatoms. The lowest BCUT2D eigenvalue weighted by Crippen LogP contribution is -2.46. The van der Waals surface area contributed by atoms with Gasteiger partial charge in [0, 0.05) is 57.2 Å². The number of para-hydroxylation sites is 1. The number of piperazine rings is 1. The number of nitrogens with zero attached hydrogens (tertiary/aromatic N) is 3. The highest BCUT2D eigenvalue weighted by atomic mass is 16.3. The van der Waals surface area contributed by atoms with E-state index in [-0.39, 0.29) is 0 Å². The number of aromatic hydroxyl groups is 1. The molecule has 2 aromatic carbocycles. The number of phenols is 1. The number of benzene rings is 2. The Kier molecular flexibility index (Phi) is 7.40. The maximum Gasteiger partial charge on any atom is 0.117 e. The summed E-state index contributed by atoms with van der Waals surface area (Å²) in [6.07, 6.45) is 5.06. The van der Waals surface area contributed by atoms with Gasteiger partial charge in [0.2, 0.25) is 0 Å². The molecule has 146 valence electrons. The van der Waals surface area contributed by atoms with Gasteiger partial charge >= 0.3 is 0 Å². The minimum Gasteiger partial charge on any atom is -0.508 e. The number of phenolic OH excluding ortho intramolecular Hbond substituents is 1. The monoisotopic (exact) mass is 367 g/mol. The molecule has 0 unspecified atom stereocenters. The number of hydrogen-bond donors (Lipinski definition) is 1. The molecule has 0 amide bonds. The van der Waals surface area contributed by atoms with Crippen LogP contribution in [0.5, 0.6) is 5.75 Å². The lowest BCUT2D eigenvalue weighted by molar-refractivity contribution is 0.252. The van der Waals surface area contributed by atoms with Crippen molar-refractivity contribution in [3.8, 4) is 5.75 Å². The maximum absolute atomic E-state index is 9.57. The molecule has 1 fully saturated rings. The summed E-state index contributed by atoms with van der Waals surface area (Å²) in [6.45, 7) is 6.89. The van der Waals surface area contributed by atoms with Crippen molar-refractivity contribution in [2.24, 2.45) is 0 Å². The van der Waals surface area contributed by atoms with E-state index in [1.54, 1.807) is 6.07 Å². The highest BCUT2D eigenvalue weighted by Gasteiger charge is 2.16. The van der Waals surface area contributed by atoms with Crippen molar-refractivity contribution in [2.75, 3.05) is 56.1 Å². The summed E-state index contributed by atoms with van der Waals surface area (Å²) in [5.74, 6) is 0.340. The van der Waals surface area contributed by atoms with Crippen LogP contribution in [0.25, 0.3) is 0 Å². The van der Waals surface area contributed by atoms with Crippen molar-refractivity contribution in [1.82, 2.24) is 4.90 Å². The lowest BCUT2D eigenvalue weighted by atomic mass is 10.1. The molecule has 2 aromatic rings. The Morgan fingerprint density at radius 2 is 1.59 bits per heavy atom. The molecule has 1 saturated heterocycles. The van der Waals surface area contributed by atoms with E-state index in [0.29, 0.717) is 5.75 Å². The van der Waals surface area contributed by atoms with Gasteiger partial charge in [-0.3, -0.25) is 4.90 Å². The second-order valence-electron chi connectivity index (χ2n) is 7.52. The molecule has 0 bridgehead atoms. The van der Waals surface area contributed by atoms with Gasteiger partial charge in [-0.1, -0.05) is 37.1 Å². The molecule has 1 aliphatic heterocycles.